The van der Waals surface area contributed by atoms with E-state index in [1.54, 1.807) is 18.3 Å². The Bertz CT molecular complexity index is 604. The normalized spacial score (nSPS) is 10.2. The number of hydrogen-bond acceptors (Lipinski definition) is 5. The SMILES string of the molecule is NNC(=O)c1ccc(Cn2ccc(C(N)=O)n2)nc1. The lowest BCUT2D eigenvalue weighted by Crippen LogP contribution is -2.30. The maximum Gasteiger partial charge on any atom is 0.269 e. The van der Waals surface area contributed by atoms with Crippen LogP contribution in [-0.2, 0) is 6.54 Å². The summed E-state index contributed by atoms with van der Waals surface area (Å²) in [5.41, 5.74) is 8.37. The van der Waals surface area contributed by atoms with Crippen LogP contribution in [0.5, 0.6) is 0 Å². The fraction of sp³-hybridized carbons (Fsp3) is 0.0909. The first-order valence-electron chi connectivity index (χ1n) is 5.39. The minimum absolute atomic E-state index is 0.194. The molecule has 19 heavy (non-hydrogen) atoms. The first-order chi connectivity index (χ1) is 9.10. The molecule has 0 fully saturated rings. The zero-order valence-electron chi connectivity index (χ0n) is 9.91. The summed E-state index contributed by atoms with van der Waals surface area (Å²) in [6.45, 7) is 0.373. The average Bonchev–Trinajstić information content (AvgIpc) is 2.87. The van der Waals surface area contributed by atoms with Crippen molar-refractivity contribution in [3.8, 4) is 0 Å². The van der Waals surface area contributed by atoms with Crippen molar-refractivity contribution in [2.45, 2.75) is 6.54 Å². The Kier molecular flexibility index (Phi) is 3.53. The number of nitrogens with zero attached hydrogens (tertiary/aromatic N) is 3. The lowest BCUT2D eigenvalue weighted by atomic mass is 10.2. The zero-order chi connectivity index (χ0) is 13.8. The third kappa shape index (κ3) is 2.93. The Balaban J connectivity index is 2.10. The van der Waals surface area contributed by atoms with Gasteiger partial charge in [-0.25, -0.2) is 5.84 Å². The van der Waals surface area contributed by atoms with Crippen molar-refractivity contribution < 1.29 is 9.59 Å². The third-order valence-corrected chi connectivity index (χ3v) is 2.44. The maximum atomic E-state index is 11.2. The molecule has 0 spiro atoms. The fourth-order valence-electron chi connectivity index (χ4n) is 1.48. The molecule has 0 radical (unpaired) electrons. The van der Waals surface area contributed by atoms with Crippen LogP contribution < -0.4 is 17.0 Å². The zero-order valence-corrected chi connectivity index (χ0v) is 9.91. The first kappa shape index (κ1) is 12.7. The van der Waals surface area contributed by atoms with Gasteiger partial charge in [-0.05, 0) is 18.2 Å². The van der Waals surface area contributed by atoms with E-state index >= 15 is 0 Å². The molecule has 2 aromatic rings. The highest BCUT2D eigenvalue weighted by Gasteiger charge is 2.07. The van der Waals surface area contributed by atoms with Crippen molar-refractivity contribution in [2.75, 3.05) is 0 Å². The molecule has 2 heterocycles. The van der Waals surface area contributed by atoms with Gasteiger partial charge in [0, 0.05) is 12.4 Å². The molecule has 5 N–H and O–H groups in total. The molecule has 98 valence electrons. The topological polar surface area (TPSA) is 129 Å². The molecule has 2 amide bonds. The standard InChI is InChI=1S/C11H12N6O2/c12-10(18)9-3-4-17(16-9)6-8-2-1-7(5-14-8)11(19)15-13/h1-5H,6,13H2,(H2,12,18)(H,15,19). The number of pyridine rings is 1. The Hall–Kier alpha value is -2.74. The van der Waals surface area contributed by atoms with Crippen LogP contribution in [0, 0.1) is 0 Å². The summed E-state index contributed by atoms with van der Waals surface area (Å²) >= 11 is 0. The Morgan fingerprint density at radius 3 is 2.63 bits per heavy atom. The van der Waals surface area contributed by atoms with Gasteiger partial charge in [-0.2, -0.15) is 5.10 Å². The highest BCUT2D eigenvalue weighted by molar-refractivity contribution is 5.93. The lowest BCUT2D eigenvalue weighted by Gasteiger charge is -2.03. The van der Waals surface area contributed by atoms with Gasteiger partial charge in [-0.1, -0.05) is 0 Å². The minimum atomic E-state index is -0.582. The Labute approximate surface area is 108 Å². The van der Waals surface area contributed by atoms with Crippen LogP contribution in [0.15, 0.2) is 30.6 Å². The smallest absolute Gasteiger partial charge is 0.269 e. The number of hydrogen-bond donors (Lipinski definition) is 3. The highest BCUT2D eigenvalue weighted by atomic mass is 16.2. The second kappa shape index (κ2) is 5.27. The predicted molar refractivity (Wildman–Crippen MR) is 65.7 cm³/mol. The largest absolute Gasteiger partial charge is 0.364 e. The molecule has 0 aromatic carbocycles. The van der Waals surface area contributed by atoms with E-state index in [-0.39, 0.29) is 5.69 Å². The molecule has 0 atom stereocenters. The summed E-state index contributed by atoms with van der Waals surface area (Å²) in [7, 11) is 0. The van der Waals surface area contributed by atoms with Crippen LogP contribution in [-0.4, -0.2) is 26.6 Å². The van der Waals surface area contributed by atoms with Crippen molar-refractivity contribution in [1.82, 2.24) is 20.2 Å². The molecule has 8 heteroatoms. The summed E-state index contributed by atoms with van der Waals surface area (Å²) in [5.74, 6) is 4.02. The van der Waals surface area contributed by atoms with Gasteiger partial charge in [-0.3, -0.25) is 24.7 Å². The molecule has 0 saturated carbocycles. The summed E-state index contributed by atoms with van der Waals surface area (Å²) in [4.78, 5) is 26.2. The molecule has 0 aliphatic rings. The minimum Gasteiger partial charge on any atom is -0.364 e. The van der Waals surface area contributed by atoms with Crippen LogP contribution in [0.1, 0.15) is 26.5 Å². The van der Waals surface area contributed by atoms with E-state index in [0.29, 0.717) is 17.8 Å². The molecule has 0 aliphatic heterocycles. The number of aromatic nitrogens is 3. The summed E-state index contributed by atoms with van der Waals surface area (Å²) in [6, 6.07) is 4.80. The van der Waals surface area contributed by atoms with E-state index in [1.807, 2.05) is 5.43 Å². The number of amides is 2. The monoisotopic (exact) mass is 260 g/mol. The molecule has 8 nitrogen and oxygen atoms in total. The van der Waals surface area contributed by atoms with E-state index in [2.05, 4.69) is 10.1 Å². The van der Waals surface area contributed by atoms with Crippen LogP contribution in [0.4, 0.5) is 0 Å². The summed E-state index contributed by atoms with van der Waals surface area (Å²) in [6.07, 6.45) is 3.04. The van der Waals surface area contributed by atoms with Crippen LogP contribution in [0.3, 0.4) is 0 Å². The first-order valence-corrected chi connectivity index (χ1v) is 5.39. The number of nitrogen functional groups attached to an aromatic ring is 1. The van der Waals surface area contributed by atoms with E-state index in [0.717, 1.165) is 0 Å². The number of carbonyl (C=O) groups is 2. The van der Waals surface area contributed by atoms with Crippen LogP contribution in [0.25, 0.3) is 0 Å². The van der Waals surface area contributed by atoms with Gasteiger partial charge in [0.1, 0.15) is 5.69 Å². The van der Waals surface area contributed by atoms with Crippen molar-refractivity contribution >= 4 is 11.8 Å². The van der Waals surface area contributed by atoms with Gasteiger partial charge in [0.2, 0.25) is 0 Å². The van der Waals surface area contributed by atoms with Crippen LogP contribution in [0.2, 0.25) is 0 Å². The quantitative estimate of drug-likeness (QED) is 0.370. The second-order valence-corrected chi connectivity index (χ2v) is 3.77. The fourth-order valence-corrected chi connectivity index (χ4v) is 1.48. The molecule has 0 unspecified atom stereocenters. The summed E-state index contributed by atoms with van der Waals surface area (Å²) < 4.78 is 1.53. The molecule has 0 saturated heterocycles. The van der Waals surface area contributed by atoms with Crippen molar-refractivity contribution in [3.05, 3.63) is 47.5 Å². The second-order valence-electron chi connectivity index (χ2n) is 3.77. The van der Waals surface area contributed by atoms with Gasteiger partial charge < -0.3 is 5.73 Å². The number of primary amides is 1. The van der Waals surface area contributed by atoms with Gasteiger partial charge >= 0.3 is 0 Å². The number of hydrazine groups is 1. The van der Waals surface area contributed by atoms with E-state index in [1.165, 1.54) is 16.9 Å². The van der Waals surface area contributed by atoms with E-state index in [4.69, 9.17) is 11.6 Å². The van der Waals surface area contributed by atoms with Gasteiger partial charge in [0.15, 0.2) is 0 Å². The van der Waals surface area contributed by atoms with Crippen molar-refractivity contribution in [3.63, 3.8) is 0 Å². The maximum absolute atomic E-state index is 11.2. The third-order valence-electron chi connectivity index (χ3n) is 2.44. The predicted octanol–water partition coefficient (Wildman–Crippen LogP) is -0.971. The molecular formula is C11H12N6O2. The number of nitrogens with one attached hydrogen (secondary N) is 1. The number of carbonyl (C=O) groups excluding carboxylic acids is 2. The average molecular weight is 260 g/mol. The van der Waals surface area contributed by atoms with Crippen molar-refractivity contribution in [2.24, 2.45) is 11.6 Å². The molecule has 0 bridgehead atoms. The summed E-state index contributed by atoms with van der Waals surface area (Å²) in [5, 5.41) is 3.98. The molecule has 0 aliphatic carbocycles. The molecular weight excluding hydrogens is 248 g/mol. The Morgan fingerprint density at radius 1 is 1.32 bits per heavy atom. The van der Waals surface area contributed by atoms with E-state index in [9.17, 15) is 9.59 Å². The van der Waals surface area contributed by atoms with E-state index < -0.39 is 11.8 Å². The molecule has 2 aromatic heterocycles. The lowest BCUT2D eigenvalue weighted by molar-refractivity contribution is 0.0951. The van der Waals surface area contributed by atoms with Crippen LogP contribution >= 0.6 is 0 Å². The molecule has 2 rings (SSSR count). The van der Waals surface area contributed by atoms with Gasteiger partial charge in [0.25, 0.3) is 11.8 Å². The number of nitrogens with two attached hydrogens (primary N) is 2. The number of rotatable bonds is 4. The highest BCUT2D eigenvalue weighted by Crippen LogP contribution is 2.03. The van der Waals surface area contributed by atoms with Crippen molar-refractivity contribution in [1.29, 1.82) is 0 Å². The van der Waals surface area contributed by atoms with Gasteiger partial charge in [0.05, 0.1) is 17.8 Å². The van der Waals surface area contributed by atoms with Gasteiger partial charge in [-0.15, -0.1) is 0 Å². The Morgan fingerprint density at radius 2 is 2.11 bits per heavy atom.